The molecule has 0 spiro atoms. The summed E-state index contributed by atoms with van der Waals surface area (Å²) in [4.78, 5) is 11.1. The average molecular weight is 176 g/mol. The van der Waals surface area contributed by atoms with Crippen molar-refractivity contribution in [3.05, 3.63) is 35.4 Å². The van der Waals surface area contributed by atoms with Crippen molar-refractivity contribution in [2.75, 3.05) is 0 Å². The van der Waals surface area contributed by atoms with Gasteiger partial charge in [0.1, 0.15) is 5.78 Å². The molecule has 1 heteroatoms. The van der Waals surface area contributed by atoms with E-state index in [0.717, 1.165) is 12.0 Å². The van der Waals surface area contributed by atoms with Crippen molar-refractivity contribution in [1.82, 2.24) is 0 Å². The minimum atomic E-state index is 0.0332. The van der Waals surface area contributed by atoms with Crippen molar-refractivity contribution < 1.29 is 4.79 Å². The number of hydrogen-bond acceptors (Lipinski definition) is 1. The van der Waals surface area contributed by atoms with Crippen LogP contribution < -0.4 is 0 Å². The first-order chi connectivity index (χ1) is 6.15. The van der Waals surface area contributed by atoms with Gasteiger partial charge in [-0.25, -0.2) is 0 Å². The molecule has 0 amide bonds. The van der Waals surface area contributed by atoms with Gasteiger partial charge in [0, 0.05) is 5.92 Å². The monoisotopic (exact) mass is 176 g/mol. The Morgan fingerprint density at radius 3 is 2.23 bits per heavy atom. The molecule has 0 radical (unpaired) electrons. The summed E-state index contributed by atoms with van der Waals surface area (Å²) in [7, 11) is 0. The van der Waals surface area contributed by atoms with Crippen LogP contribution in [0.2, 0.25) is 0 Å². The Morgan fingerprint density at radius 2 is 1.85 bits per heavy atom. The molecule has 1 nitrogen and oxygen atoms in total. The lowest BCUT2D eigenvalue weighted by molar-refractivity contribution is -0.118. The smallest absolute Gasteiger partial charge is 0.136 e. The Labute approximate surface area is 79.8 Å². The Hall–Kier alpha value is -1.11. The van der Waals surface area contributed by atoms with Crippen molar-refractivity contribution in [2.24, 2.45) is 0 Å². The molecule has 0 fully saturated rings. The van der Waals surface area contributed by atoms with Gasteiger partial charge in [0.2, 0.25) is 0 Å². The molecule has 0 aromatic heterocycles. The molecule has 1 aromatic rings. The van der Waals surface area contributed by atoms with Crippen LogP contribution in [0.3, 0.4) is 0 Å². The molecule has 70 valence electrons. The molecule has 0 N–H and O–H groups in total. The number of rotatable bonds is 3. The second kappa shape index (κ2) is 4.22. The maximum absolute atomic E-state index is 11.1. The van der Waals surface area contributed by atoms with E-state index in [1.54, 1.807) is 6.92 Å². The third-order valence-corrected chi connectivity index (χ3v) is 2.50. The molecule has 0 saturated heterocycles. The van der Waals surface area contributed by atoms with E-state index in [1.165, 1.54) is 5.56 Å². The number of aryl methyl sites for hydroxylation is 1. The van der Waals surface area contributed by atoms with Crippen molar-refractivity contribution in [3.63, 3.8) is 0 Å². The van der Waals surface area contributed by atoms with Gasteiger partial charge in [-0.2, -0.15) is 0 Å². The molecule has 13 heavy (non-hydrogen) atoms. The van der Waals surface area contributed by atoms with Crippen molar-refractivity contribution in [3.8, 4) is 0 Å². The summed E-state index contributed by atoms with van der Waals surface area (Å²) < 4.78 is 0. The van der Waals surface area contributed by atoms with Gasteiger partial charge in [-0.15, -0.1) is 0 Å². The minimum Gasteiger partial charge on any atom is -0.299 e. The Bertz CT molecular complexity index is 284. The van der Waals surface area contributed by atoms with Gasteiger partial charge in [-0.3, -0.25) is 4.79 Å². The zero-order chi connectivity index (χ0) is 9.84. The fraction of sp³-hybridized carbons (Fsp3) is 0.417. The van der Waals surface area contributed by atoms with Gasteiger partial charge in [0.25, 0.3) is 0 Å². The highest BCUT2D eigenvalue weighted by atomic mass is 16.1. The lowest BCUT2D eigenvalue weighted by Gasteiger charge is -2.07. The van der Waals surface area contributed by atoms with Crippen LogP contribution in [-0.4, -0.2) is 5.78 Å². The van der Waals surface area contributed by atoms with E-state index in [-0.39, 0.29) is 11.7 Å². The predicted octanol–water partition coefficient (Wildman–Crippen LogP) is 2.94. The van der Waals surface area contributed by atoms with Gasteiger partial charge in [0.05, 0.1) is 0 Å². The normalized spacial score (nSPS) is 12.5. The molecule has 0 heterocycles. The predicted molar refractivity (Wildman–Crippen MR) is 54.9 cm³/mol. The zero-order valence-corrected chi connectivity index (χ0v) is 8.50. The number of carbonyl (C=O) groups is 1. The zero-order valence-electron chi connectivity index (χ0n) is 8.50. The van der Waals surface area contributed by atoms with E-state index in [1.807, 2.05) is 19.1 Å². The summed E-state index contributed by atoms with van der Waals surface area (Å²) in [6.45, 7) is 5.71. The summed E-state index contributed by atoms with van der Waals surface area (Å²) in [5.41, 5.74) is 2.43. The Kier molecular flexibility index (Phi) is 3.24. The summed E-state index contributed by atoms with van der Waals surface area (Å²) >= 11 is 0. The van der Waals surface area contributed by atoms with Gasteiger partial charge in [-0.1, -0.05) is 38.1 Å². The van der Waals surface area contributed by atoms with E-state index >= 15 is 0 Å². The van der Waals surface area contributed by atoms with Crippen LogP contribution >= 0.6 is 0 Å². The highest BCUT2D eigenvalue weighted by molar-refractivity contribution is 5.82. The van der Waals surface area contributed by atoms with Crippen molar-refractivity contribution in [1.29, 1.82) is 0 Å². The second-order valence-corrected chi connectivity index (χ2v) is 3.43. The topological polar surface area (TPSA) is 17.1 Å². The average Bonchev–Trinajstić information content (AvgIpc) is 2.17. The molecular formula is C12H16O. The van der Waals surface area contributed by atoms with Gasteiger partial charge in [-0.05, 0) is 24.5 Å². The maximum atomic E-state index is 11.1. The van der Waals surface area contributed by atoms with E-state index in [4.69, 9.17) is 0 Å². The highest BCUT2D eigenvalue weighted by Gasteiger charge is 2.09. The lowest BCUT2D eigenvalue weighted by Crippen LogP contribution is -2.03. The summed E-state index contributed by atoms with van der Waals surface area (Å²) in [5.74, 6) is 0.259. The minimum absolute atomic E-state index is 0.0332. The quantitative estimate of drug-likeness (QED) is 0.692. The van der Waals surface area contributed by atoms with Crippen LogP contribution in [0, 0.1) is 0 Å². The molecule has 0 aliphatic carbocycles. The van der Waals surface area contributed by atoms with Crippen LogP contribution in [-0.2, 0) is 11.2 Å². The molecule has 0 bridgehead atoms. The maximum Gasteiger partial charge on any atom is 0.136 e. The third kappa shape index (κ3) is 2.41. The van der Waals surface area contributed by atoms with Crippen molar-refractivity contribution in [2.45, 2.75) is 33.1 Å². The van der Waals surface area contributed by atoms with Crippen LogP contribution in [0.15, 0.2) is 24.3 Å². The van der Waals surface area contributed by atoms with Crippen LogP contribution in [0.5, 0.6) is 0 Å². The molecule has 1 atom stereocenters. The summed E-state index contributed by atoms with van der Waals surface area (Å²) in [5, 5.41) is 0. The fourth-order valence-electron chi connectivity index (χ4n) is 1.28. The number of carbonyl (C=O) groups excluding carboxylic acids is 1. The molecular weight excluding hydrogens is 160 g/mol. The molecule has 0 aliphatic heterocycles. The van der Waals surface area contributed by atoms with Gasteiger partial charge >= 0.3 is 0 Å². The van der Waals surface area contributed by atoms with Crippen LogP contribution in [0.25, 0.3) is 0 Å². The Balaban J connectivity index is 2.85. The van der Waals surface area contributed by atoms with E-state index < -0.39 is 0 Å². The van der Waals surface area contributed by atoms with E-state index in [0.29, 0.717) is 0 Å². The second-order valence-electron chi connectivity index (χ2n) is 3.43. The standard InChI is InChI=1S/C12H16O/c1-4-11-5-7-12(8-6-11)9(2)10(3)13/h5-9H,4H2,1-3H3/t9-/m0/s1. The first-order valence-electron chi connectivity index (χ1n) is 4.74. The van der Waals surface area contributed by atoms with E-state index in [2.05, 4.69) is 19.1 Å². The van der Waals surface area contributed by atoms with Gasteiger partial charge in [0.15, 0.2) is 0 Å². The number of Topliss-reactive ketones (excluding diaryl/α,β-unsaturated/α-hetero) is 1. The fourth-order valence-corrected chi connectivity index (χ4v) is 1.28. The van der Waals surface area contributed by atoms with Crippen LogP contribution in [0.1, 0.15) is 37.8 Å². The molecule has 1 aromatic carbocycles. The highest BCUT2D eigenvalue weighted by Crippen LogP contribution is 2.16. The number of ketones is 1. The SMILES string of the molecule is CCc1ccc([C@@H](C)C(C)=O)cc1. The number of hydrogen-bond donors (Lipinski definition) is 0. The van der Waals surface area contributed by atoms with E-state index in [9.17, 15) is 4.79 Å². The number of benzene rings is 1. The molecule has 0 aliphatic rings. The first kappa shape index (κ1) is 9.97. The van der Waals surface area contributed by atoms with Crippen molar-refractivity contribution >= 4 is 5.78 Å². The van der Waals surface area contributed by atoms with Crippen LogP contribution in [0.4, 0.5) is 0 Å². The Morgan fingerprint density at radius 1 is 1.31 bits per heavy atom. The molecule has 1 rings (SSSR count). The molecule has 0 saturated carbocycles. The summed E-state index contributed by atoms with van der Waals surface area (Å²) in [6.07, 6.45) is 1.05. The van der Waals surface area contributed by atoms with Gasteiger partial charge < -0.3 is 0 Å². The largest absolute Gasteiger partial charge is 0.299 e. The molecule has 0 unspecified atom stereocenters. The third-order valence-electron chi connectivity index (χ3n) is 2.50. The lowest BCUT2D eigenvalue weighted by atomic mass is 9.96. The first-order valence-corrected chi connectivity index (χ1v) is 4.74. The summed E-state index contributed by atoms with van der Waals surface area (Å²) in [6, 6.07) is 8.28.